The van der Waals surface area contributed by atoms with Gasteiger partial charge in [-0.3, -0.25) is 0 Å². The summed E-state index contributed by atoms with van der Waals surface area (Å²) in [5, 5.41) is 0. The lowest BCUT2D eigenvalue weighted by atomic mass is 9.69. The van der Waals surface area contributed by atoms with Gasteiger partial charge in [-0.05, 0) is 151 Å². The third-order valence-electron chi connectivity index (χ3n) is 9.58. The van der Waals surface area contributed by atoms with Crippen LogP contribution in [-0.4, -0.2) is 6.61 Å². The van der Waals surface area contributed by atoms with Gasteiger partial charge in [0.25, 0.3) is 0 Å². The predicted molar refractivity (Wildman–Crippen MR) is 146 cm³/mol. The minimum absolute atomic E-state index is 0.0277. The Hall–Kier alpha value is -1.64. The summed E-state index contributed by atoms with van der Waals surface area (Å²) in [6, 6.07) is 3.33. The van der Waals surface area contributed by atoms with Gasteiger partial charge in [-0.1, -0.05) is 30.4 Å². The van der Waals surface area contributed by atoms with Crippen molar-refractivity contribution in [1.82, 2.24) is 0 Å². The Kier molecular flexibility index (Phi) is 10.5. The molecule has 0 radical (unpaired) electrons. The molecule has 3 fully saturated rings. The molecule has 0 bridgehead atoms. The van der Waals surface area contributed by atoms with E-state index in [-0.39, 0.29) is 11.7 Å². The van der Waals surface area contributed by atoms with Gasteiger partial charge in [0, 0.05) is 0 Å². The molecule has 0 unspecified atom stereocenters. The van der Waals surface area contributed by atoms with Crippen molar-refractivity contribution >= 4 is 0 Å². The van der Waals surface area contributed by atoms with E-state index in [2.05, 4.69) is 31.2 Å². The van der Waals surface area contributed by atoms with Crippen molar-refractivity contribution in [3.63, 3.8) is 0 Å². The van der Waals surface area contributed by atoms with E-state index >= 15 is 0 Å². The molecule has 200 valence electrons. The van der Waals surface area contributed by atoms with Crippen LogP contribution in [0.3, 0.4) is 0 Å². The van der Waals surface area contributed by atoms with Crippen LogP contribution in [0.5, 0.6) is 5.75 Å². The Labute approximate surface area is 218 Å². The Bertz CT molecular complexity index is 851. The molecule has 0 saturated heterocycles. The van der Waals surface area contributed by atoms with Crippen LogP contribution >= 0.6 is 0 Å². The lowest BCUT2D eigenvalue weighted by Gasteiger charge is -2.37. The second kappa shape index (κ2) is 13.8. The molecule has 0 aliphatic heterocycles. The van der Waals surface area contributed by atoms with E-state index in [1.54, 1.807) is 19.1 Å². The molecule has 1 aromatic rings. The second-order valence-corrected chi connectivity index (χ2v) is 11.8. The largest absolute Gasteiger partial charge is 0.491 e. The van der Waals surface area contributed by atoms with Gasteiger partial charge >= 0.3 is 0 Å². The maximum atomic E-state index is 14.6. The molecular formula is C33H48F2O. The lowest BCUT2D eigenvalue weighted by molar-refractivity contribution is 0.166. The van der Waals surface area contributed by atoms with Crippen molar-refractivity contribution in [2.75, 3.05) is 6.61 Å². The third-order valence-corrected chi connectivity index (χ3v) is 9.58. The Morgan fingerprint density at radius 3 is 1.97 bits per heavy atom. The van der Waals surface area contributed by atoms with Gasteiger partial charge in [0.1, 0.15) is 0 Å². The second-order valence-electron chi connectivity index (χ2n) is 11.8. The number of halogens is 2. The molecule has 0 amide bonds. The van der Waals surface area contributed by atoms with Crippen molar-refractivity contribution in [1.29, 1.82) is 0 Å². The normalized spacial score (nSPS) is 31.8. The summed E-state index contributed by atoms with van der Waals surface area (Å²) in [4.78, 5) is 0. The number of benzene rings is 1. The molecule has 3 aliphatic rings. The average molecular weight is 499 g/mol. The van der Waals surface area contributed by atoms with Crippen LogP contribution in [-0.2, 0) is 0 Å². The van der Waals surface area contributed by atoms with E-state index < -0.39 is 11.6 Å². The molecule has 3 heteroatoms. The van der Waals surface area contributed by atoms with E-state index in [4.69, 9.17) is 4.74 Å². The average Bonchev–Trinajstić information content (AvgIpc) is 2.91. The quantitative estimate of drug-likeness (QED) is 0.308. The Morgan fingerprint density at radius 2 is 1.39 bits per heavy atom. The number of allylic oxidation sites excluding steroid dienone is 4. The molecule has 0 spiro atoms. The molecule has 1 aromatic carbocycles. The third kappa shape index (κ3) is 7.23. The maximum absolute atomic E-state index is 14.6. The fraction of sp³-hybridized carbons (Fsp3) is 0.697. The van der Waals surface area contributed by atoms with Gasteiger partial charge in [0.15, 0.2) is 11.6 Å². The topological polar surface area (TPSA) is 9.23 Å². The molecule has 0 heterocycles. The van der Waals surface area contributed by atoms with E-state index in [9.17, 15) is 8.78 Å². The van der Waals surface area contributed by atoms with Gasteiger partial charge < -0.3 is 4.74 Å². The number of rotatable bonds is 9. The fourth-order valence-electron chi connectivity index (χ4n) is 7.40. The van der Waals surface area contributed by atoms with Gasteiger partial charge in [0.2, 0.25) is 5.82 Å². The van der Waals surface area contributed by atoms with Gasteiger partial charge in [-0.15, -0.1) is 0 Å². The highest BCUT2D eigenvalue weighted by Crippen LogP contribution is 2.42. The molecule has 4 rings (SSSR count). The standard InChI is InChI=1S/C33H48F2O/c1-3-7-24-10-16-27(17-11-24)28-18-12-25(13-19-28)8-5-6-9-26-14-20-29(21-15-26)30-22-23-31(36-4-2)33(35)32(30)34/h3,5,7-8,22-29H,4,6,9-21H2,1-2H3/b7-3+,8-5+. The SMILES string of the molecule is C/C=C/C1CCC(C2CCC(/C=C/CCC3CCC(c4ccc(OCC)c(F)c4F)CC3)CC2)CC1. The number of ether oxygens (including phenoxy) is 1. The molecule has 1 nitrogen and oxygen atoms in total. The molecular weight excluding hydrogens is 450 g/mol. The van der Waals surface area contributed by atoms with Crippen LogP contribution in [0.25, 0.3) is 0 Å². The minimum Gasteiger partial charge on any atom is -0.491 e. The smallest absolute Gasteiger partial charge is 0.200 e. The van der Waals surface area contributed by atoms with Crippen molar-refractivity contribution in [3.8, 4) is 5.75 Å². The number of hydrogen-bond donors (Lipinski definition) is 0. The van der Waals surface area contributed by atoms with Crippen LogP contribution in [0, 0.1) is 41.2 Å². The maximum Gasteiger partial charge on any atom is 0.200 e. The highest BCUT2D eigenvalue weighted by atomic mass is 19.2. The zero-order valence-electron chi connectivity index (χ0n) is 22.7. The Balaban J connectivity index is 1.12. The summed E-state index contributed by atoms with van der Waals surface area (Å²) in [5.41, 5.74) is 0.538. The summed E-state index contributed by atoms with van der Waals surface area (Å²) in [5.74, 6) is 2.94. The van der Waals surface area contributed by atoms with Crippen LogP contribution < -0.4 is 4.74 Å². The van der Waals surface area contributed by atoms with Gasteiger partial charge in [-0.2, -0.15) is 4.39 Å². The van der Waals surface area contributed by atoms with Gasteiger partial charge in [-0.25, -0.2) is 4.39 Å². The van der Waals surface area contributed by atoms with Crippen LogP contribution in [0.1, 0.15) is 115 Å². The highest BCUT2D eigenvalue weighted by molar-refractivity contribution is 5.33. The monoisotopic (exact) mass is 498 g/mol. The molecule has 0 N–H and O–H groups in total. The van der Waals surface area contributed by atoms with Crippen molar-refractivity contribution in [2.24, 2.45) is 29.6 Å². The summed E-state index contributed by atoms with van der Waals surface area (Å²) < 4.78 is 34.1. The van der Waals surface area contributed by atoms with Crippen molar-refractivity contribution in [2.45, 2.75) is 110 Å². The molecule has 3 saturated carbocycles. The first-order valence-corrected chi connectivity index (χ1v) is 15.0. The minimum atomic E-state index is -0.826. The van der Waals surface area contributed by atoms with Crippen molar-refractivity contribution < 1.29 is 13.5 Å². The molecule has 36 heavy (non-hydrogen) atoms. The fourth-order valence-corrected chi connectivity index (χ4v) is 7.40. The zero-order chi connectivity index (χ0) is 25.3. The summed E-state index contributed by atoms with van der Waals surface area (Å²) in [6.07, 6.45) is 27.5. The summed E-state index contributed by atoms with van der Waals surface area (Å²) >= 11 is 0. The number of hydrogen-bond acceptors (Lipinski definition) is 1. The Morgan fingerprint density at radius 1 is 0.778 bits per heavy atom. The highest BCUT2D eigenvalue weighted by Gasteiger charge is 2.30. The summed E-state index contributed by atoms with van der Waals surface area (Å²) in [6.45, 7) is 4.28. The van der Waals surface area contributed by atoms with Crippen LogP contribution in [0.2, 0.25) is 0 Å². The molecule has 0 atom stereocenters. The lowest BCUT2D eigenvalue weighted by Crippen LogP contribution is -2.25. The predicted octanol–water partition coefficient (Wildman–Crippen LogP) is 10.2. The van der Waals surface area contributed by atoms with E-state index in [0.29, 0.717) is 12.2 Å². The van der Waals surface area contributed by atoms with Gasteiger partial charge in [0.05, 0.1) is 6.61 Å². The van der Waals surface area contributed by atoms with E-state index in [0.717, 1.165) is 61.7 Å². The molecule has 3 aliphatic carbocycles. The zero-order valence-corrected chi connectivity index (χ0v) is 22.7. The van der Waals surface area contributed by atoms with Crippen LogP contribution in [0.15, 0.2) is 36.4 Å². The van der Waals surface area contributed by atoms with Crippen molar-refractivity contribution in [3.05, 3.63) is 53.6 Å². The van der Waals surface area contributed by atoms with Crippen LogP contribution in [0.4, 0.5) is 8.78 Å². The van der Waals surface area contributed by atoms with E-state index in [1.165, 1.54) is 57.8 Å². The van der Waals surface area contributed by atoms with E-state index in [1.807, 2.05) is 0 Å². The first-order valence-electron chi connectivity index (χ1n) is 15.0. The summed E-state index contributed by atoms with van der Waals surface area (Å²) in [7, 11) is 0. The first-order chi connectivity index (χ1) is 17.6. The molecule has 0 aromatic heterocycles. The first kappa shape index (κ1) is 27.4.